The van der Waals surface area contributed by atoms with Crippen LogP contribution in [0, 0.1) is 23.7 Å². The van der Waals surface area contributed by atoms with Crippen molar-refractivity contribution in [2.45, 2.75) is 64.5 Å². The quantitative estimate of drug-likeness (QED) is 0.172. The molecule has 6 atom stereocenters. The number of aldehydes is 1. The fourth-order valence-electron chi connectivity index (χ4n) is 5.74. The highest BCUT2D eigenvalue weighted by atomic mass is 32.2. The van der Waals surface area contributed by atoms with Crippen molar-refractivity contribution in [1.29, 1.82) is 0 Å². The Bertz CT molecular complexity index is 1290. The average Bonchev–Trinajstić information content (AvgIpc) is 2.91. The summed E-state index contributed by atoms with van der Waals surface area (Å²) >= 11 is 0. The summed E-state index contributed by atoms with van der Waals surface area (Å²) in [5.41, 5.74) is 2.72. The van der Waals surface area contributed by atoms with Crippen LogP contribution in [0.25, 0.3) is 0 Å². The summed E-state index contributed by atoms with van der Waals surface area (Å²) in [5.74, 6) is 0.825. The normalized spacial score (nSPS) is 22.4. The molecule has 0 N–H and O–H groups in total. The van der Waals surface area contributed by atoms with E-state index in [0.717, 1.165) is 35.8 Å². The van der Waals surface area contributed by atoms with Crippen LogP contribution in [0.1, 0.15) is 51.2 Å². The second-order valence-corrected chi connectivity index (χ2v) is 13.5. The van der Waals surface area contributed by atoms with E-state index in [1.165, 1.54) is 6.92 Å². The molecule has 0 unspecified atom stereocenters. The van der Waals surface area contributed by atoms with E-state index >= 15 is 0 Å². The Kier molecular flexibility index (Phi) is 9.92. The van der Waals surface area contributed by atoms with Crippen LogP contribution in [0.5, 0.6) is 11.5 Å². The lowest BCUT2D eigenvalue weighted by Crippen LogP contribution is -2.45. The van der Waals surface area contributed by atoms with E-state index in [1.807, 2.05) is 55.5 Å². The van der Waals surface area contributed by atoms with Crippen LogP contribution >= 0.6 is 0 Å². The second-order valence-electron chi connectivity index (χ2n) is 11.3. The molecule has 4 rings (SSSR count). The number of benzene rings is 2. The average molecular weight is 584 g/mol. The highest BCUT2D eigenvalue weighted by Gasteiger charge is 2.45. The van der Waals surface area contributed by atoms with Gasteiger partial charge in [0.2, 0.25) is 10.0 Å². The molecule has 2 aliphatic carbocycles. The number of carbonyl (C=O) groups is 2. The minimum Gasteiger partial charge on any atom is -0.497 e. The Morgan fingerprint density at radius 2 is 1.46 bits per heavy atom. The number of hydrogen-bond acceptors (Lipinski definition) is 7. The van der Waals surface area contributed by atoms with Gasteiger partial charge >= 0.3 is 5.97 Å². The molecule has 0 aliphatic heterocycles. The van der Waals surface area contributed by atoms with Gasteiger partial charge in [0.05, 0.1) is 19.5 Å². The molecule has 2 aromatic carbocycles. The maximum atomic E-state index is 14.1. The number of allylic oxidation sites excluding steroid dienone is 1. The minimum absolute atomic E-state index is 0.00421. The predicted molar refractivity (Wildman–Crippen MR) is 157 cm³/mol. The van der Waals surface area contributed by atoms with Crippen molar-refractivity contribution in [2.24, 2.45) is 23.7 Å². The molecule has 0 heterocycles. The third-order valence-electron chi connectivity index (χ3n) is 8.79. The fraction of sp³-hybridized carbons (Fsp3) is 0.500. The number of rotatable bonds is 14. The Balaban J connectivity index is 1.53. The van der Waals surface area contributed by atoms with Crippen molar-refractivity contribution >= 4 is 22.3 Å². The van der Waals surface area contributed by atoms with Gasteiger partial charge in [0.1, 0.15) is 23.9 Å². The molecular weight excluding hydrogens is 542 g/mol. The van der Waals surface area contributed by atoms with Crippen molar-refractivity contribution in [3.8, 4) is 11.5 Å². The second kappa shape index (κ2) is 13.2. The number of carbonyl (C=O) groups excluding carboxylic acids is 2. The number of hydrogen-bond donors (Lipinski definition) is 0. The van der Waals surface area contributed by atoms with Crippen LogP contribution in [-0.2, 0) is 37.4 Å². The van der Waals surface area contributed by atoms with Crippen LogP contribution in [0.4, 0.5) is 0 Å². The van der Waals surface area contributed by atoms with Crippen molar-refractivity contribution < 1.29 is 32.2 Å². The van der Waals surface area contributed by atoms with Gasteiger partial charge in [0, 0.05) is 31.8 Å². The molecule has 2 aliphatic rings. The maximum absolute atomic E-state index is 14.1. The summed E-state index contributed by atoms with van der Waals surface area (Å²) in [6.07, 6.45) is 4.91. The number of nitrogens with zero attached hydrogens (tertiary/aromatic N) is 1. The van der Waals surface area contributed by atoms with Crippen LogP contribution in [0.3, 0.4) is 0 Å². The number of methoxy groups -OCH3 is 2. The van der Waals surface area contributed by atoms with Gasteiger partial charge < -0.3 is 19.0 Å². The fourth-order valence-corrected chi connectivity index (χ4v) is 7.61. The molecule has 41 heavy (non-hydrogen) atoms. The number of esters is 1. The summed E-state index contributed by atoms with van der Waals surface area (Å²) in [6, 6.07) is 14.8. The SMILES string of the molecule is COc1ccc(CN(Cc2ccc(OC)cc2)S(=O)(=O)[C@H](C)[C@@H](C)[C@H]2C=C([C@H](OC(C)=O)[C@@H]3CC[C@H]3C=O)C2)cc1. The summed E-state index contributed by atoms with van der Waals surface area (Å²) in [7, 11) is -0.524. The summed E-state index contributed by atoms with van der Waals surface area (Å²) < 4.78 is 46.0. The first-order valence-electron chi connectivity index (χ1n) is 14.1. The van der Waals surface area contributed by atoms with Crippen LogP contribution in [0.15, 0.2) is 60.2 Å². The molecule has 1 fully saturated rings. The molecule has 222 valence electrons. The van der Waals surface area contributed by atoms with E-state index in [1.54, 1.807) is 25.4 Å². The van der Waals surface area contributed by atoms with Gasteiger partial charge in [-0.3, -0.25) is 4.79 Å². The zero-order valence-corrected chi connectivity index (χ0v) is 25.3. The maximum Gasteiger partial charge on any atom is 0.303 e. The van der Waals surface area contributed by atoms with Gasteiger partial charge in [-0.05, 0) is 79.0 Å². The van der Waals surface area contributed by atoms with E-state index in [9.17, 15) is 18.0 Å². The largest absolute Gasteiger partial charge is 0.497 e. The molecule has 9 heteroatoms. The molecule has 0 saturated heterocycles. The molecular formula is C32H41NO7S. The third-order valence-corrected chi connectivity index (χ3v) is 11.1. The smallest absolute Gasteiger partial charge is 0.303 e. The molecule has 0 radical (unpaired) electrons. The van der Waals surface area contributed by atoms with Crippen LogP contribution < -0.4 is 9.47 Å². The standard InChI is InChI=1S/C32H41NO7S/c1-21(27-16-28(17-27)32(40-23(3)35)31-15-10-26(31)20-34)22(2)41(36,37)33(18-24-6-11-29(38-4)12-7-24)19-25-8-13-30(39-5)14-9-25/h6-9,11-14,16,20-22,26-27,31-32H,10,15,17-19H2,1-5H3/t21-,22-,26+,27+,31-,32+/m1/s1. The van der Waals surface area contributed by atoms with Gasteiger partial charge in [-0.25, -0.2) is 8.42 Å². The predicted octanol–water partition coefficient (Wildman–Crippen LogP) is 5.16. The molecule has 0 bridgehead atoms. The summed E-state index contributed by atoms with van der Waals surface area (Å²) in [4.78, 5) is 23.2. The van der Waals surface area contributed by atoms with Gasteiger partial charge in [0.25, 0.3) is 0 Å². The molecule has 8 nitrogen and oxygen atoms in total. The van der Waals surface area contributed by atoms with Gasteiger partial charge in [-0.15, -0.1) is 0 Å². The van der Waals surface area contributed by atoms with E-state index in [0.29, 0.717) is 17.9 Å². The lowest BCUT2D eigenvalue weighted by Gasteiger charge is -2.44. The Morgan fingerprint density at radius 1 is 0.951 bits per heavy atom. The first kappa shape index (κ1) is 30.8. The van der Waals surface area contributed by atoms with Gasteiger partial charge in [0.15, 0.2) is 0 Å². The minimum atomic E-state index is -3.72. The Hall–Kier alpha value is -3.17. The Morgan fingerprint density at radius 3 is 1.85 bits per heavy atom. The monoisotopic (exact) mass is 583 g/mol. The van der Waals surface area contributed by atoms with E-state index < -0.39 is 21.4 Å². The van der Waals surface area contributed by atoms with Crippen molar-refractivity contribution in [3.63, 3.8) is 0 Å². The highest BCUT2D eigenvalue weighted by Crippen LogP contribution is 2.46. The molecule has 0 aromatic heterocycles. The summed E-state index contributed by atoms with van der Waals surface area (Å²) in [6.45, 7) is 5.58. The van der Waals surface area contributed by atoms with Gasteiger partial charge in [-0.1, -0.05) is 37.3 Å². The zero-order chi connectivity index (χ0) is 29.7. The first-order valence-corrected chi connectivity index (χ1v) is 15.7. The summed E-state index contributed by atoms with van der Waals surface area (Å²) in [5, 5.41) is -0.652. The first-order chi connectivity index (χ1) is 19.6. The van der Waals surface area contributed by atoms with Crippen molar-refractivity contribution in [3.05, 3.63) is 71.3 Å². The molecule has 2 aromatic rings. The highest BCUT2D eigenvalue weighted by molar-refractivity contribution is 7.89. The number of sulfonamides is 1. The van der Waals surface area contributed by atoms with E-state index in [4.69, 9.17) is 14.2 Å². The molecule has 1 saturated carbocycles. The van der Waals surface area contributed by atoms with Crippen molar-refractivity contribution in [1.82, 2.24) is 4.31 Å². The Labute approximate surface area is 243 Å². The zero-order valence-electron chi connectivity index (χ0n) is 24.5. The lowest BCUT2D eigenvalue weighted by atomic mass is 9.65. The van der Waals surface area contributed by atoms with E-state index in [-0.39, 0.29) is 42.7 Å². The van der Waals surface area contributed by atoms with Gasteiger partial charge in [-0.2, -0.15) is 4.31 Å². The van der Waals surface area contributed by atoms with Crippen molar-refractivity contribution in [2.75, 3.05) is 14.2 Å². The van der Waals surface area contributed by atoms with E-state index in [2.05, 4.69) is 6.08 Å². The van der Waals surface area contributed by atoms with Crippen LogP contribution in [-0.4, -0.2) is 50.6 Å². The molecule has 0 spiro atoms. The molecule has 0 amide bonds. The number of ether oxygens (including phenoxy) is 3. The van der Waals surface area contributed by atoms with Crippen LogP contribution in [0.2, 0.25) is 0 Å². The third kappa shape index (κ3) is 7.01. The lowest BCUT2D eigenvalue weighted by molar-refractivity contribution is -0.152. The topological polar surface area (TPSA) is 99.2 Å².